The summed E-state index contributed by atoms with van der Waals surface area (Å²) < 4.78 is 34.2. The number of sulfonamides is 1. The van der Waals surface area contributed by atoms with Gasteiger partial charge in [-0.05, 0) is 42.8 Å². The second kappa shape index (κ2) is 8.23. The highest BCUT2D eigenvalue weighted by Gasteiger charge is 2.18. The van der Waals surface area contributed by atoms with Crippen LogP contribution in [0.25, 0.3) is 5.69 Å². The molecule has 3 aromatic rings. The van der Waals surface area contributed by atoms with Crippen molar-refractivity contribution in [2.45, 2.75) is 11.8 Å². The maximum Gasteiger partial charge on any atom is 0.291 e. The quantitative estimate of drug-likeness (QED) is 0.595. The van der Waals surface area contributed by atoms with Crippen molar-refractivity contribution < 1.29 is 13.2 Å². The minimum absolute atomic E-state index is 0.0241. The molecule has 11 heteroatoms. The Bertz CT molecular complexity index is 1240. The number of benzene rings is 2. The molecule has 0 bridgehead atoms. The first-order valence-electron chi connectivity index (χ1n) is 8.05. The lowest BCUT2D eigenvalue weighted by molar-refractivity contribution is 0.417. The lowest BCUT2D eigenvalue weighted by atomic mass is 10.2. The van der Waals surface area contributed by atoms with Gasteiger partial charge in [0, 0.05) is 11.1 Å². The average molecular weight is 475 g/mol. The largest absolute Gasteiger partial charge is 0.495 e. The van der Waals surface area contributed by atoms with Crippen molar-refractivity contribution in [1.82, 2.24) is 9.78 Å². The predicted octanol–water partition coefficient (Wildman–Crippen LogP) is 4.31. The Labute approximate surface area is 181 Å². The summed E-state index contributed by atoms with van der Waals surface area (Å²) >= 11 is 17.7. The van der Waals surface area contributed by atoms with Gasteiger partial charge in [0.15, 0.2) is 0 Å². The van der Waals surface area contributed by atoms with Gasteiger partial charge in [-0.1, -0.05) is 34.8 Å². The Morgan fingerprint density at radius 3 is 2.34 bits per heavy atom. The van der Waals surface area contributed by atoms with E-state index in [9.17, 15) is 13.2 Å². The highest BCUT2D eigenvalue weighted by molar-refractivity contribution is 7.92. The van der Waals surface area contributed by atoms with E-state index in [0.29, 0.717) is 16.3 Å². The molecule has 0 unspecified atom stereocenters. The van der Waals surface area contributed by atoms with Crippen LogP contribution in [0.5, 0.6) is 5.75 Å². The van der Waals surface area contributed by atoms with Crippen LogP contribution in [0.2, 0.25) is 15.1 Å². The molecule has 1 heterocycles. The molecule has 0 aliphatic rings. The molecule has 0 fully saturated rings. The molecule has 0 saturated heterocycles. The Morgan fingerprint density at radius 2 is 1.72 bits per heavy atom. The number of aromatic nitrogens is 2. The van der Waals surface area contributed by atoms with Crippen LogP contribution < -0.4 is 15.0 Å². The van der Waals surface area contributed by atoms with Crippen molar-refractivity contribution in [1.29, 1.82) is 0 Å². The molecule has 2 aromatic carbocycles. The second-order valence-electron chi connectivity index (χ2n) is 5.92. The van der Waals surface area contributed by atoms with Crippen LogP contribution in [0, 0.1) is 6.92 Å². The number of ether oxygens (including phenoxy) is 1. The Kier molecular flexibility index (Phi) is 6.09. The third kappa shape index (κ3) is 4.35. The van der Waals surface area contributed by atoms with Gasteiger partial charge in [-0.25, -0.2) is 8.42 Å². The summed E-state index contributed by atoms with van der Waals surface area (Å²) in [5, 5.41) is 4.21. The normalized spacial score (nSPS) is 11.3. The number of hydrogen-bond donors (Lipinski definition) is 1. The molecule has 0 amide bonds. The van der Waals surface area contributed by atoms with Crippen LogP contribution in [0.1, 0.15) is 5.56 Å². The van der Waals surface area contributed by atoms with E-state index < -0.39 is 15.6 Å². The van der Waals surface area contributed by atoms with Gasteiger partial charge < -0.3 is 4.74 Å². The number of methoxy groups -OCH3 is 1. The molecule has 0 saturated carbocycles. The smallest absolute Gasteiger partial charge is 0.291 e. The maximum absolute atomic E-state index is 12.8. The van der Waals surface area contributed by atoms with Gasteiger partial charge in [0.1, 0.15) is 10.8 Å². The van der Waals surface area contributed by atoms with E-state index in [4.69, 9.17) is 39.5 Å². The zero-order valence-electron chi connectivity index (χ0n) is 15.1. The molecule has 3 rings (SSSR count). The van der Waals surface area contributed by atoms with Crippen molar-refractivity contribution in [2.24, 2.45) is 0 Å². The minimum Gasteiger partial charge on any atom is -0.495 e. The van der Waals surface area contributed by atoms with Gasteiger partial charge in [-0.3, -0.25) is 9.52 Å². The summed E-state index contributed by atoms with van der Waals surface area (Å²) in [6.45, 7) is 1.75. The Balaban J connectivity index is 1.95. The summed E-state index contributed by atoms with van der Waals surface area (Å²) in [6, 6.07) is 8.63. The molecule has 29 heavy (non-hydrogen) atoms. The molecule has 152 valence electrons. The van der Waals surface area contributed by atoms with E-state index in [-0.39, 0.29) is 26.4 Å². The van der Waals surface area contributed by atoms with Crippen LogP contribution in [-0.4, -0.2) is 25.3 Å². The van der Waals surface area contributed by atoms with E-state index in [2.05, 4.69) is 9.82 Å². The molecule has 1 aromatic heterocycles. The van der Waals surface area contributed by atoms with E-state index in [1.54, 1.807) is 13.0 Å². The molecule has 0 aliphatic carbocycles. The molecule has 0 aliphatic heterocycles. The van der Waals surface area contributed by atoms with E-state index in [1.165, 1.54) is 43.6 Å². The Hall–Kier alpha value is -2.26. The van der Waals surface area contributed by atoms with Crippen LogP contribution in [-0.2, 0) is 10.0 Å². The summed E-state index contributed by atoms with van der Waals surface area (Å²) in [4.78, 5) is 12.1. The first-order valence-corrected chi connectivity index (χ1v) is 10.7. The first kappa shape index (κ1) is 21.4. The fourth-order valence-electron chi connectivity index (χ4n) is 2.48. The SMILES string of the molecule is COc1cc(Cl)c(C)cc1NS(=O)(=O)c1ccc(-n2ncc(Cl)c(Cl)c2=O)cc1. The highest BCUT2D eigenvalue weighted by Crippen LogP contribution is 2.32. The second-order valence-corrected chi connectivity index (χ2v) is 8.80. The van der Waals surface area contributed by atoms with E-state index in [0.717, 1.165) is 4.68 Å². The minimum atomic E-state index is -3.93. The Morgan fingerprint density at radius 1 is 1.07 bits per heavy atom. The molecular formula is C18H14Cl3N3O4S. The lowest BCUT2D eigenvalue weighted by Crippen LogP contribution is -2.21. The van der Waals surface area contributed by atoms with Crippen molar-refractivity contribution in [3.8, 4) is 11.4 Å². The maximum atomic E-state index is 12.8. The third-order valence-electron chi connectivity index (χ3n) is 3.99. The van der Waals surface area contributed by atoms with Gasteiger partial charge in [-0.15, -0.1) is 0 Å². The van der Waals surface area contributed by atoms with Crippen LogP contribution in [0.3, 0.4) is 0 Å². The summed E-state index contributed by atoms with van der Waals surface area (Å²) in [5.74, 6) is 0.285. The average Bonchev–Trinajstić information content (AvgIpc) is 2.69. The summed E-state index contributed by atoms with van der Waals surface area (Å²) in [7, 11) is -2.52. The van der Waals surface area contributed by atoms with Gasteiger partial charge in [0.2, 0.25) is 0 Å². The number of nitrogens with zero attached hydrogens (tertiary/aromatic N) is 2. The van der Waals surface area contributed by atoms with Crippen molar-refractivity contribution in [2.75, 3.05) is 11.8 Å². The third-order valence-corrected chi connectivity index (χ3v) is 6.53. The standard InChI is InChI=1S/C18H14Cl3N3O4S/c1-10-7-15(16(28-2)8-13(10)19)23-29(26,27)12-5-3-11(4-6-12)24-18(25)17(21)14(20)9-22-24/h3-9,23H,1-2H3. The topological polar surface area (TPSA) is 90.3 Å². The number of nitrogens with one attached hydrogen (secondary N) is 1. The number of rotatable bonds is 5. The highest BCUT2D eigenvalue weighted by atomic mass is 35.5. The van der Waals surface area contributed by atoms with Crippen molar-refractivity contribution in [3.63, 3.8) is 0 Å². The predicted molar refractivity (Wildman–Crippen MR) is 113 cm³/mol. The van der Waals surface area contributed by atoms with Crippen molar-refractivity contribution in [3.05, 3.63) is 73.6 Å². The van der Waals surface area contributed by atoms with E-state index >= 15 is 0 Å². The van der Waals surface area contributed by atoms with Gasteiger partial charge in [-0.2, -0.15) is 9.78 Å². The number of hydrogen-bond acceptors (Lipinski definition) is 5. The summed E-state index contributed by atoms with van der Waals surface area (Å²) in [5.41, 5.74) is 0.646. The van der Waals surface area contributed by atoms with Gasteiger partial charge in [0.25, 0.3) is 15.6 Å². The van der Waals surface area contributed by atoms with Crippen LogP contribution in [0.4, 0.5) is 5.69 Å². The molecule has 1 N–H and O–H groups in total. The fraction of sp³-hybridized carbons (Fsp3) is 0.111. The summed E-state index contributed by atoms with van der Waals surface area (Å²) in [6.07, 6.45) is 1.23. The molecule has 7 nitrogen and oxygen atoms in total. The first-order chi connectivity index (χ1) is 13.6. The van der Waals surface area contributed by atoms with E-state index in [1.807, 2.05) is 0 Å². The zero-order chi connectivity index (χ0) is 21.3. The number of anilines is 1. The molecular weight excluding hydrogens is 461 g/mol. The molecule has 0 spiro atoms. The van der Waals surface area contributed by atoms with Gasteiger partial charge >= 0.3 is 0 Å². The van der Waals surface area contributed by atoms with Crippen LogP contribution in [0.15, 0.2) is 52.3 Å². The fourth-order valence-corrected chi connectivity index (χ4v) is 3.95. The van der Waals surface area contributed by atoms with Crippen LogP contribution >= 0.6 is 34.8 Å². The van der Waals surface area contributed by atoms with Gasteiger partial charge in [0.05, 0.1) is 34.6 Å². The molecule has 0 atom stereocenters. The number of halogens is 3. The number of aryl methyl sites for hydroxylation is 1. The lowest BCUT2D eigenvalue weighted by Gasteiger charge is -2.14. The van der Waals surface area contributed by atoms with Crippen molar-refractivity contribution >= 4 is 50.5 Å². The molecule has 0 radical (unpaired) electrons. The monoisotopic (exact) mass is 473 g/mol. The zero-order valence-corrected chi connectivity index (χ0v) is 18.2.